The molecule has 3 aromatic rings. The second kappa shape index (κ2) is 5.11. The Morgan fingerprint density at radius 1 is 1.32 bits per heavy atom. The van der Waals surface area contributed by atoms with Gasteiger partial charge in [0.05, 0.1) is 17.1 Å². The molecule has 0 fully saturated rings. The van der Waals surface area contributed by atoms with E-state index in [0.717, 1.165) is 16.3 Å². The van der Waals surface area contributed by atoms with Crippen LogP contribution in [0.15, 0.2) is 46.0 Å². The molecule has 0 bridgehead atoms. The molecule has 0 atom stereocenters. The molecule has 0 N–H and O–H groups in total. The Morgan fingerprint density at radius 2 is 2.21 bits per heavy atom. The van der Waals surface area contributed by atoms with Crippen LogP contribution >= 0.6 is 22.7 Å². The first-order valence-electron chi connectivity index (χ1n) is 5.88. The second-order valence-corrected chi connectivity index (χ2v) is 6.16. The van der Waals surface area contributed by atoms with Crippen molar-refractivity contribution in [3.63, 3.8) is 0 Å². The molecule has 0 saturated carbocycles. The summed E-state index contributed by atoms with van der Waals surface area (Å²) in [5.74, 6) is 0. The first-order chi connectivity index (χ1) is 9.22. The number of pyridine rings is 1. The van der Waals surface area contributed by atoms with E-state index in [2.05, 4.69) is 11.1 Å². The normalized spacial score (nSPS) is 10.8. The van der Waals surface area contributed by atoms with Gasteiger partial charge in [0.1, 0.15) is 5.01 Å². The first-order valence-corrected chi connectivity index (χ1v) is 7.64. The Hall–Kier alpha value is -1.72. The Kier molecular flexibility index (Phi) is 3.31. The molecule has 3 aromatic heterocycles. The van der Waals surface area contributed by atoms with E-state index in [9.17, 15) is 4.79 Å². The van der Waals surface area contributed by atoms with Gasteiger partial charge in [0.15, 0.2) is 0 Å². The van der Waals surface area contributed by atoms with Crippen LogP contribution in [0.3, 0.4) is 0 Å². The molecule has 0 amide bonds. The fraction of sp³-hybridized carbons (Fsp3) is 0.143. The molecule has 3 heterocycles. The number of rotatable bonds is 3. The number of nitrogens with zero attached hydrogens (tertiary/aromatic N) is 2. The molecule has 3 rings (SSSR count). The molecule has 19 heavy (non-hydrogen) atoms. The molecule has 0 aliphatic heterocycles. The molecule has 0 aromatic carbocycles. The fourth-order valence-corrected chi connectivity index (χ4v) is 3.36. The molecule has 96 valence electrons. The number of hydrogen-bond donors (Lipinski definition) is 0. The van der Waals surface area contributed by atoms with E-state index in [-0.39, 0.29) is 5.56 Å². The number of hydrogen-bond acceptors (Lipinski definition) is 4. The lowest BCUT2D eigenvalue weighted by atomic mass is 10.3. The molecule has 5 heteroatoms. The van der Waals surface area contributed by atoms with Crippen LogP contribution in [-0.2, 0) is 6.54 Å². The zero-order chi connectivity index (χ0) is 13.2. The summed E-state index contributed by atoms with van der Waals surface area (Å²) < 4.78 is 1.68. The van der Waals surface area contributed by atoms with Crippen LogP contribution in [0.4, 0.5) is 0 Å². The minimum Gasteiger partial charge on any atom is -0.309 e. The first kappa shape index (κ1) is 12.3. The number of aryl methyl sites for hydroxylation is 1. The Balaban J connectivity index is 1.86. The fourth-order valence-electron chi connectivity index (χ4n) is 1.80. The quantitative estimate of drug-likeness (QED) is 0.740. The Morgan fingerprint density at radius 3 is 2.95 bits per heavy atom. The predicted octanol–water partition coefficient (Wildman–Crippen LogP) is 3.39. The van der Waals surface area contributed by atoms with Gasteiger partial charge in [0.25, 0.3) is 5.56 Å². The smallest absolute Gasteiger partial charge is 0.251 e. The van der Waals surface area contributed by atoms with Crippen molar-refractivity contribution in [3.05, 3.63) is 62.1 Å². The monoisotopic (exact) mass is 288 g/mol. The van der Waals surface area contributed by atoms with Crippen LogP contribution in [0.5, 0.6) is 0 Å². The van der Waals surface area contributed by atoms with Crippen molar-refractivity contribution in [2.45, 2.75) is 13.5 Å². The van der Waals surface area contributed by atoms with Crippen molar-refractivity contribution in [1.82, 2.24) is 9.55 Å². The highest BCUT2D eigenvalue weighted by molar-refractivity contribution is 7.14. The van der Waals surface area contributed by atoms with Crippen molar-refractivity contribution in [1.29, 1.82) is 0 Å². The van der Waals surface area contributed by atoms with Gasteiger partial charge in [0.2, 0.25) is 0 Å². The van der Waals surface area contributed by atoms with Gasteiger partial charge in [-0.3, -0.25) is 4.79 Å². The van der Waals surface area contributed by atoms with Crippen molar-refractivity contribution in [2.75, 3.05) is 0 Å². The average Bonchev–Trinajstić information content (AvgIpc) is 3.03. The van der Waals surface area contributed by atoms with E-state index >= 15 is 0 Å². The molecule has 0 aliphatic rings. The van der Waals surface area contributed by atoms with Gasteiger partial charge in [-0.25, -0.2) is 4.98 Å². The lowest BCUT2D eigenvalue weighted by Gasteiger charge is -2.02. The van der Waals surface area contributed by atoms with Gasteiger partial charge < -0.3 is 4.57 Å². The summed E-state index contributed by atoms with van der Waals surface area (Å²) in [5, 5.41) is 5.04. The van der Waals surface area contributed by atoms with Crippen LogP contribution in [0.25, 0.3) is 10.6 Å². The van der Waals surface area contributed by atoms with E-state index < -0.39 is 0 Å². The summed E-state index contributed by atoms with van der Waals surface area (Å²) in [4.78, 5) is 17.6. The minimum atomic E-state index is 0.0212. The van der Waals surface area contributed by atoms with Gasteiger partial charge in [-0.1, -0.05) is 6.07 Å². The summed E-state index contributed by atoms with van der Waals surface area (Å²) in [5.41, 5.74) is 2.00. The average molecular weight is 288 g/mol. The minimum absolute atomic E-state index is 0.0212. The van der Waals surface area contributed by atoms with Gasteiger partial charge >= 0.3 is 0 Å². The van der Waals surface area contributed by atoms with Crippen molar-refractivity contribution < 1.29 is 0 Å². The third-order valence-corrected chi connectivity index (χ3v) is 4.51. The SMILES string of the molecule is Cc1ccn(Cc2nc(-c3cccs3)cs2)c(=O)c1. The van der Waals surface area contributed by atoms with Gasteiger partial charge in [0, 0.05) is 17.6 Å². The Labute approximate surface area is 118 Å². The van der Waals surface area contributed by atoms with E-state index in [1.54, 1.807) is 33.3 Å². The van der Waals surface area contributed by atoms with Crippen molar-refractivity contribution in [2.24, 2.45) is 0 Å². The topological polar surface area (TPSA) is 34.9 Å². The summed E-state index contributed by atoms with van der Waals surface area (Å²) >= 11 is 3.27. The number of thiazole rings is 1. The second-order valence-electron chi connectivity index (χ2n) is 4.27. The maximum atomic E-state index is 11.8. The molecular formula is C14H12N2OS2. The molecule has 0 unspecified atom stereocenters. The standard InChI is InChI=1S/C14H12N2OS2/c1-10-4-5-16(14(17)7-10)8-13-15-11(9-19-13)12-3-2-6-18-12/h2-7,9H,8H2,1H3. The van der Waals surface area contributed by atoms with Crippen molar-refractivity contribution >= 4 is 22.7 Å². The summed E-state index contributed by atoms with van der Waals surface area (Å²) in [6.45, 7) is 2.46. The lowest BCUT2D eigenvalue weighted by molar-refractivity contribution is 0.752. The third-order valence-electron chi connectivity index (χ3n) is 2.78. The summed E-state index contributed by atoms with van der Waals surface area (Å²) in [6.07, 6.45) is 1.82. The van der Waals surface area contributed by atoms with Crippen molar-refractivity contribution in [3.8, 4) is 10.6 Å². The van der Waals surface area contributed by atoms with Crippen LogP contribution in [0.2, 0.25) is 0 Å². The summed E-state index contributed by atoms with van der Waals surface area (Å²) in [6, 6.07) is 7.66. The highest BCUT2D eigenvalue weighted by Crippen LogP contribution is 2.26. The van der Waals surface area contributed by atoms with Gasteiger partial charge in [-0.15, -0.1) is 22.7 Å². The van der Waals surface area contributed by atoms with E-state index in [1.165, 1.54) is 4.88 Å². The van der Waals surface area contributed by atoms with Crippen LogP contribution in [0, 0.1) is 6.92 Å². The predicted molar refractivity (Wildman–Crippen MR) is 80.0 cm³/mol. The number of aromatic nitrogens is 2. The van der Waals surface area contributed by atoms with E-state index in [1.807, 2.05) is 36.0 Å². The highest BCUT2D eigenvalue weighted by Gasteiger charge is 2.06. The van der Waals surface area contributed by atoms with Crippen LogP contribution in [-0.4, -0.2) is 9.55 Å². The van der Waals surface area contributed by atoms with Crippen LogP contribution < -0.4 is 5.56 Å². The number of thiophene rings is 1. The van der Waals surface area contributed by atoms with E-state index in [4.69, 9.17) is 0 Å². The van der Waals surface area contributed by atoms with Crippen LogP contribution in [0.1, 0.15) is 10.6 Å². The molecular weight excluding hydrogens is 276 g/mol. The highest BCUT2D eigenvalue weighted by atomic mass is 32.1. The maximum absolute atomic E-state index is 11.8. The molecule has 0 aliphatic carbocycles. The molecule has 3 nitrogen and oxygen atoms in total. The van der Waals surface area contributed by atoms with E-state index in [0.29, 0.717) is 6.54 Å². The maximum Gasteiger partial charge on any atom is 0.251 e. The largest absolute Gasteiger partial charge is 0.309 e. The zero-order valence-electron chi connectivity index (χ0n) is 10.4. The lowest BCUT2D eigenvalue weighted by Crippen LogP contribution is -2.19. The van der Waals surface area contributed by atoms with Gasteiger partial charge in [-0.2, -0.15) is 0 Å². The molecule has 0 radical (unpaired) electrons. The Bertz CT molecular complexity index is 741. The molecule has 0 saturated heterocycles. The zero-order valence-corrected chi connectivity index (χ0v) is 12.0. The van der Waals surface area contributed by atoms with Gasteiger partial charge in [-0.05, 0) is 30.0 Å². The molecule has 0 spiro atoms. The third kappa shape index (κ3) is 2.67. The summed E-state index contributed by atoms with van der Waals surface area (Å²) in [7, 11) is 0.